The molecule has 1 atom stereocenters. The smallest absolute Gasteiger partial charge is 0.341 e. The van der Waals surface area contributed by atoms with E-state index in [0.29, 0.717) is 35.6 Å². The van der Waals surface area contributed by atoms with Gasteiger partial charge in [-0.1, -0.05) is 0 Å². The van der Waals surface area contributed by atoms with Gasteiger partial charge in [0.1, 0.15) is 11.4 Å². The molecule has 0 N–H and O–H groups in total. The number of esters is 1. The number of Topliss-reactive ketones (excluding diaryl/α,β-unsaturated/α-hetero) is 1. The SMILES string of the molecule is CCOC(=O)c1cnc2c(c(C)nn2C)c1N1CCCC(C(=O)c2ccc(F)cc2)C1. The van der Waals surface area contributed by atoms with Gasteiger partial charge in [-0.2, -0.15) is 5.10 Å². The summed E-state index contributed by atoms with van der Waals surface area (Å²) in [6.07, 6.45) is 3.06. The maximum atomic E-state index is 13.3. The lowest BCUT2D eigenvalue weighted by Crippen LogP contribution is -2.39. The topological polar surface area (TPSA) is 77.3 Å². The predicted octanol–water partition coefficient (Wildman–Crippen LogP) is 3.69. The molecule has 162 valence electrons. The zero-order valence-electron chi connectivity index (χ0n) is 17.9. The van der Waals surface area contributed by atoms with E-state index in [1.807, 2.05) is 14.0 Å². The average Bonchev–Trinajstić information content (AvgIpc) is 3.07. The fourth-order valence-electron chi connectivity index (χ4n) is 4.32. The molecule has 0 saturated carbocycles. The number of halogens is 1. The van der Waals surface area contributed by atoms with E-state index in [0.717, 1.165) is 23.9 Å². The number of piperidine rings is 1. The van der Waals surface area contributed by atoms with Gasteiger partial charge in [0.05, 0.1) is 23.4 Å². The minimum absolute atomic E-state index is 0.0180. The zero-order chi connectivity index (χ0) is 22.1. The first-order chi connectivity index (χ1) is 14.9. The number of ether oxygens (including phenoxy) is 1. The second kappa shape index (κ2) is 8.45. The number of nitrogens with zero attached hydrogens (tertiary/aromatic N) is 4. The van der Waals surface area contributed by atoms with E-state index in [4.69, 9.17) is 4.74 Å². The van der Waals surface area contributed by atoms with Crippen LogP contribution in [0.5, 0.6) is 0 Å². The third-order valence-electron chi connectivity index (χ3n) is 5.73. The summed E-state index contributed by atoms with van der Waals surface area (Å²) < 4.78 is 20.2. The molecule has 0 radical (unpaired) electrons. The second-order valence-corrected chi connectivity index (χ2v) is 7.80. The third-order valence-corrected chi connectivity index (χ3v) is 5.73. The highest BCUT2D eigenvalue weighted by molar-refractivity contribution is 6.06. The van der Waals surface area contributed by atoms with Crippen LogP contribution in [0.3, 0.4) is 0 Å². The van der Waals surface area contributed by atoms with Crippen molar-refractivity contribution in [3.63, 3.8) is 0 Å². The van der Waals surface area contributed by atoms with Crippen molar-refractivity contribution in [3.05, 3.63) is 53.1 Å². The van der Waals surface area contributed by atoms with Gasteiger partial charge >= 0.3 is 5.97 Å². The first kappa shape index (κ1) is 21.0. The Kier molecular flexibility index (Phi) is 5.71. The number of carbonyl (C=O) groups excluding carboxylic acids is 2. The fourth-order valence-corrected chi connectivity index (χ4v) is 4.32. The predicted molar refractivity (Wildman–Crippen MR) is 115 cm³/mol. The van der Waals surface area contributed by atoms with E-state index in [1.165, 1.54) is 30.5 Å². The van der Waals surface area contributed by atoms with Gasteiger partial charge in [0, 0.05) is 37.8 Å². The molecule has 1 aliphatic heterocycles. The van der Waals surface area contributed by atoms with Gasteiger partial charge in [-0.15, -0.1) is 0 Å². The number of anilines is 1. The Morgan fingerprint density at radius 1 is 1.26 bits per heavy atom. The molecule has 1 aliphatic rings. The van der Waals surface area contributed by atoms with E-state index in [2.05, 4.69) is 15.0 Å². The number of fused-ring (bicyclic) bond motifs is 1. The Balaban J connectivity index is 1.74. The molecule has 1 aromatic carbocycles. The van der Waals surface area contributed by atoms with Crippen molar-refractivity contribution in [2.45, 2.75) is 26.7 Å². The minimum atomic E-state index is -0.442. The molecule has 3 aromatic rings. The van der Waals surface area contributed by atoms with Crippen molar-refractivity contribution >= 4 is 28.5 Å². The van der Waals surface area contributed by atoms with Crippen LogP contribution in [-0.4, -0.2) is 46.2 Å². The van der Waals surface area contributed by atoms with Gasteiger partial charge < -0.3 is 9.64 Å². The molecule has 0 amide bonds. The van der Waals surface area contributed by atoms with Gasteiger partial charge in [0.25, 0.3) is 0 Å². The molecular formula is C23H25FN4O3. The Labute approximate surface area is 179 Å². The molecule has 1 saturated heterocycles. The van der Waals surface area contributed by atoms with Gasteiger partial charge in [0.2, 0.25) is 0 Å². The second-order valence-electron chi connectivity index (χ2n) is 7.80. The Hall–Kier alpha value is -3.29. The van der Waals surface area contributed by atoms with Crippen LogP contribution in [0.1, 0.15) is 46.2 Å². The van der Waals surface area contributed by atoms with Crippen molar-refractivity contribution in [1.82, 2.24) is 14.8 Å². The largest absolute Gasteiger partial charge is 0.462 e. The van der Waals surface area contributed by atoms with Gasteiger partial charge in [-0.25, -0.2) is 14.2 Å². The molecule has 31 heavy (non-hydrogen) atoms. The van der Waals surface area contributed by atoms with E-state index in [1.54, 1.807) is 11.6 Å². The Morgan fingerprint density at radius 2 is 2.00 bits per heavy atom. The van der Waals surface area contributed by atoms with Crippen LogP contribution in [0.15, 0.2) is 30.5 Å². The highest BCUT2D eigenvalue weighted by atomic mass is 19.1. The highest BCUT2D eigenvalue weighted by Gasteiger charge is 2.31. The first-order valence-corrected chi connectivity index (χ1v) is 10.4. The standard InChI is InChI=1S/C23H25FN4O3/c1-4-31-23(30)18-12-25-22-19(14(2)26-27(22)3)20(18)28-11-5-6-16(13-28)21(29)15-7-9-17(24)10-8-15/h7-10,12,16H,4-6,11,13H2,1-3H3. The summed E-state index contributed by atoms with van der Waals surface area (Å²) in [4.78, 5) is 32.3. The lowest BCUT2D eigenvalue weighted by atomic mass is 9.89. The van der Waals surface area contributed by atoms with Crippen molar-refractivity contribution in [3.8, 4) is 0 Å². The van der Waals surface area contributed by atoms with E-state index >= 15 is 0 Å². The number of hydrogen-bond donors (Lipinski definition) is 0. The summed E-state index contributed by atoms with van der Waals surface area (Å²) in [6.45, 7) is 5.06. The number of ketones is 1. The number of aryl methyl sites for hydroxylation is 2. The number of rotatable bonds is 5. The molecule has 0 aliphatic carbocycles. The van der Waals surface area contributed by atoms with Crippen LogP contribution in [0.25, 0.3) is 11.0 Å². The van der Waals surface area contributed by atoms with Crippen LogP contribution in [0.4, 0.5) is 10.1 Å². The normalized spacial score (nSPS) is 16.5. The van der Waals surface area contributed by atoms with Crippen molar-refractivity contribution in [2.75, 3.05) is 24.6 Å². The number of pyridine rings is 1. The van der Waals surface area contributed by atoms with Crippen LogP contribution >= 0.6 is 0 Å². The van der Waals surface area contributed by atoms with Crippen LogP contribution in [0.2, 0.25) is 0 Å². The maximum Gasteiger partial charge on any atom is 0.341 e. The van der Waals surface area contributed by atoms with Crippen molar-refractivity contribution < 1.29 is 18.7 Å². The third kappa shape index (κ3) is 3.89. The fraction of sp³-hybridized carbons (Fsp3) is 0.391. The summed E-state index contributed by atoms with van der Waals surface area (Å²) in [6, 6.07) is 5.66. The maximum absolute atomic E-state index is 13.3. The molecule has 1 unspecified atom stereocenters. The molecule has 7 nitrogen and oxygen atoms in total. The van der Waals surface area contributed by atoms with Gasteiger partial charge in [-0.05, 0) is 51.0 Å². The van der Waals surface area contributed by atoms with Crippen LogP contribution < -0.4 is 4.90 Å². The van der Waals surface area contributed by atoms with Gasteiger partial charge in [-0.3, -0.25) is 9.48 Å². The molecule has 2 aromatic heterocycles. The lowest BCUT2D eigenvalue weighted by molar-refractivity contribution is 0.0526. The Morgan fingerprint density at radius 3 is 2.71 bits per heavy atom. The number of carbonyl (C=O) groups is 2. The molecule has 0 bridgehead atoms. The minimum Gasteiger partial charge on any atom is -0.462 e. The van der Waals surface area contributed by atoms with Crippen molar-refractivity contribution in [2.24, 2.45) is 13.0 Å². The summed E-state index contributed by atoms with van der Waals surface area (Å²) >= 11 is 0. The summed E-state index contributed by atoms with van der Waals surface area (Å²) in [5, 5.41) is 5.27. The molecule has 8 heteroatoms. The average molecular weight is 424 g/mol. The molecule has 3 heterocycles. The summed E-state index contributed by atoms with van der Waals surface area (Å²) in [5.41, 5.74) is 3.02. The number of hydrogen-bond acceptors (Lipinski definition) is 6. The molecular weight excluding hydrogens is 399 g/mol. The van der Waals surface area contributed by atoms with Crippen molar-refractivity contribution in [1.29, 1.82) is 0 Å². The highest BCUT2D eigenvalue weighted by Crippen LogP contribution is 2.35. The molecule has 4 rings (SSSR count). The van der Waals surface area contributed by atoms with Crippen LogP contribution in [0, 0.1) is 18.7 Å². The number of aromatic nitrogens is 3. The lowest BCUT2D eigenvalue weighted by Gasteiger charge is -2.35. The van der Waals surface area contributed by atoms with E-state index in [9.17, 15) is 14.0 Å². The quantitative estimate of drug-likeness (QED) is 0.459. The first-order valence-electron chi connectivity index (χ1n) is 10.4. The Bertz CT molecular complexity index is 1140. The monoisotopic (exact) mass is 424 g/mol. The van der Waals surface area contributed by atoms with Gasteiger partial charge in [0.15, 0.2) is 11.4 Å². The van der Waals surface area contributed by atoms with E-state index in [-0.39, 0.29) is 24.1 Å². The molecule has 0 spiro atoms. The molecule has 1 fully saturated rings. The summed E-state index contributed by atoms with van der Waals surface area (Å²) in [5.74, 6) is -1.08. The zero-order valence-corrected chi connectivity index (χ0v) is 17.9. The summed E-state index contributed by atoms with van der Waals surface area (Å²) in [7, 11) is 1.81. The number of benzene rings is 1. The van der Waals surface area contributed by atoms with Crippen LogP contribution in [-0.2, 0) is 11.8 Å². The van der Waals surface area contributed by atoms with E-state index < -0.39 is 5.97 Å².